The van der Waals surface area contributed by atoms with Crippen LogP contribution in [0.5, 0.6) is 0 Å². The molecule has 0 aromatic heterocycles. The smallest absolute Gasteiger partial charge is 0.137 e. The van der Waals surface area contributed by atoms with Crippen molar-refractivity contribution in [2.24, 2.45) is 34.5 Å². The Morgan fingerprint density at radius 2 is 1.91 bits per heavy atom. The summed E-state index contributed by atoms with van der Waals surface area (Å²) < 4.78 is 0. The van der Waals surface area contributed by atoms with Crippen molar-refractivity contribution in [3.05, 3.63) is 12.7 Å². The molecular weight excluding hydrogens is 288 g/mol. The fourth-order valence-electron chi connectivity index (χ4n) is 5.60. The number of hydrogen-bond donors (Lipinski definition) is 1. The summed E-state index contributed by atoms with van der Waals surface area (Å²) in [6.07, 6.45) is 6.22. The van der Waals surface area contributed by atoms with Crippen LogP contribution >= 0.6 is 0 Å². The summed E-state index contributed by atoms with van der Waals surface area (Å²) in [7, 11) is 0. The van der Waals surface area contributed by atoms with Gasteiger partial charge in [-0.05, 0) is 48.9 Å². The van der Waals surface area contributed by atoms with E-state index >= 15 is 0 Å². The maximum atomic E-state index is 13.0. The molecule has 3 nitrogen and oxygen atoms in total. The first-order chi connectivity index (χ1) is 10.1. The molecule has 0 aromatic rings. The van der Waals surface area contributed by atoms with Gasteiger partial charge >= 0.3 is 0 Å². The van der Waals surface area contributed by atoms with Crippen LogP contribution in [0.4, 0.5) is 0 Å². The molecular formula is C20H36O3. The summed E-state index contributed by atoms with van der Waals surface area (Å²) in [4.78, 5) is 13.0. The number of Topliss-reactive ketones (excluding diaryl/α,β-unsaturated/α-hetero) is 1. The molecule has 0 amide bonds. The van der Waals surface area contributed by atoms with Crippen LogP contribution in [0.3, 0.4) is 0 Å². The lowest BCUT2D eigenvalue weighted by Crippen LogP contribution is -2.59. The molecule has 0 bridgehead atoms. The van der Waals surface area contributed by atoms with E-state index in [0.29, 0.717) is 24.0 Å². The van der Waals surface area contributed by atoms with Crippen LogP contribution in [0.2, 0.25) is 0 Å². The van der Waals surface area contributed by atoms with Crippen molar-refractivity contribution in [1.82, 2.24) is 0 Å². The number of rotatable bonds is 4. The van der Waals surface area contributed by atoms with Crippen LogP contribution in [0.15, 0.2) is 12.7 Å². The van der Waals surface area contributed by atoms with E-state index in [1.807, 2.05) is 6.08 Å². The average molecular weight is 325 g/mol. The van der Waals surface area contributed by atoms with Gasteiger partial charge in [0.1, 0.15) is 5.78 Å². The molecule has 2 aliphatic rings. The van der Waals surface area contributed by atoms with Gasteiger partial charge in [0.2, 0.25) is 0 Å². The Labute approximate surface area is 141 Å². The second-order valence-corrected chi connectivity index (χ2v) is 8.88. The summed E-state index contributed by atoms with van der Waals surface area (Å²) in [5.74, 6) is 1.35. The highest BCUT2D eigenvalue weighted by Gasteiger charge is 2.59. The summed E-state index contributed by atoms with van der Waals surface area (Å²) in [5.41, 5.74) is -0.0475. The number of allylic oxidation sites excluding steroid dienone is 1. The Kier molecular flexibility index (Phi) is 6.26. The largest absolute Gasteiger partial charge is 0.412 e. The minimum absolute atomic E-state index is 0. The van der Waals surface area contributed by atoms with Crippen LogP contribution in [0.1, 0.15) is 66.7 Å². The summed E-state index contributed by atoms with van der Waals surface area (Å²) in [6.45, 7) is 14.9. The van der Waals surface area contributed by atoms with Gasteiger partial charge in [-0.1, -0.05) is 40.7 Å². The van der Waals surface area contributed by atoms with Gasteiger partial charge in [0, 0.05) is 17.8 Å². The number of hydrogen-bond acceptors (Lipinski definition) is 2. The highest BCUT2D eigenvalue weighted by atomic mass is 16.3. The predicted octanol–water partition coefficient (Wildman–Crippen LogP) is 3.79. The number of carbonyl (C=O) groups is 1. The first-order valence-corrected chi connectivity index (χ1v) is 8.98. The van der Waals surface area contributed by atoms with Crippen molar-refractivity contribution in [2.45, 2.75) is 72.8 Å². The van der Waals surface area contributed by atoms with E-state index in [2.05, 4.69) is 41.2 Å². The highest BCUT2D eigenvalue weighted by Crippen LogP contribution is 2.61. The van der Waals surface area contributed by atoms with E-state index in [1.165, 1.54) is 0 Å². The molecule has 0 saturated heterocycles. The zero-order valence-corrected chi connectivity index (χ0v) is 15.6. The third kappa shape index (κ3) is 3.41. The van der Waals surface area contributed by atoms with E-state index in [9.17, 15) is 9.90 Å². The lowest BCUT2D eigenvalue weighted by molar-refractivity contribution is -0.175. The Morgan fingerprint density at radius 3 is 2.48 bits per heavy atom. The summed E-state index contributed by atoms with van der Waals surface area (Å²) in [6, 6.07) is 0. The monoisotopic (exact) mass is 324 g/mol. The van der Waals surface area contributed by atoms with Crippen LogP contribution in [0, 0.1) is 34.5 Å². The van der Waals surface area contributed by atoms with Gasteiger partial charge in [-0.25, -0.2) is 0 Å². The molecule has 134 valence electrons. The first kappa shape index (κ1) is 20.4. The van der Waals surface area contributed by atoms with Gasteiger partial charge in [-0.3, -0.25) is 4.79 Å². The molecule has 3 N–H and O–H groups in total. The fraction of sp³-hybridized carbons (Fsp3) is 0.850. The third-order valence-corrected chi connectivity index (χ3v) is 6.90. The molecule has 0 aliphatic heterocycles. The van der Waals surface area contributed by atoms with Crippen molar-refractivity contribution >= 4 is 5.78 Å². The Bertz CT molecular complexity index is 442. The molecule has 23 heavy (non-hydrogen) atoms. The minimum Gasteiger partial charge on any atom is -0.412 e. The van der Waals surface area contributed by atoms with E-state index in [-0.39, 0.29) is 34.2 Å². The molecule has 0 heterocycles. The van der Waals surface area contributed by atoms with Gasteiger partial charge in [0.25, 0.3) is 0 Å². The first-order valence-electron chi connectivity index (χ1n) is 8.98. The molecule has 0 spiro atoms. The third-order valence-electron chi connectivity index (χ3n) is 6.90. The van der Waals surface area contributed by atoms with Crippen molar-refractivity contribution in [1.29, 1.82) is 0 Å². The predicted molar refractivity (Wildman–Crippen MR) is 95.1 cm³/mol. The van der Waals surface area contributed by atoms with Gasteiger partial charge < -0.3 is 10.6 Å². The molecule has 3 heteroatoms. The van der Waals surface area contributed by atoms with Crippen LogP contribution < -0.4 is 0 Å². The van der Waals surface area contributed by atoms with E-state index < -0.39 is 0 Å². The van der Waals surface area contributed by atoms with Gasteiger partial charge in [-0.15, -0.1) is 6.58 Å². The van der Waals surface area contributed by atoms with Crippen LogP contribution in [0.25, 0.3) is 0 Å². The van der Waals surface area contributed by atoms with Crippen molar-refractivity contribution in [3.8, 4) is 0 Å². The number of aliphatic hydroxyl groups is 1. The maximum Gasteiger partial charge on any atom is 0.137 e. The van der Waals surface area contributed by atoms with E-state index in [0.717, 1.165) is 25.7 Å². The number of fused-ring (bicyclic) bond motifs is 1. The van der Waals surface area contributed by atoms with Gasteiger partial charge in [-0.2, -0.15) is 0 Å². The zero-order valence-electron chi connectivity index (χ0n) is 15.6. The molecule has 2 rings (SSSR count). The SMILES string of the molecule is C=C[C@@H](C)CC(=O)[C@H]1[C@@H](C)CC[C@H]2C(C)(C)CCC(O)[C@]12C.O. The molecule has 2 saturated carbocycles. The highest BCUT2D eigenvalue weighted by molar-refractivity contribution is 5.82. The maximum absolute atomic E-state index is 13.0. The van der Waals surface area contributed by atoms with Crippen molar-refractivity contribution in [3.63, 3.8) is 0 Å². The van der Waals surface area contributed by atoms with E-state index in [1.54, 1.807) is 0 Å². The molecule has 6 atom stereocenters. The van der Waals surface area contributed by atoms with E-state index in [4.69, 9.17) is 0 Å². The Balaban J connectivity index is 0.00000264. The van der Waals surface area contributed by atoms with Crippen LogP contribution in [-0.2, 0) is 4.79 Å². The molecule has 0 radical (unpaired) electrons. The average Bonchev–Trinajstić information content (AvgIpc) is 2.42. The molecule has 1 unspecified atom stereocenters. The fourth-order valence-corrected chi connectivity index (χ4v) is 5.60. The zero-order chi connectivity index (χ0) is 16.7. The lowest BCUT2D eigenvalue weighted by atomic mass is 9.45. The van der Waals surface area contributed by atoms with Gasteiger partial charge in [0.15, 0.2) is 0 Å². The van der Waals surface area contributed by atoms with Gasteiger partial charge in [0.05, 0.1) is 6.10 Å². The summed E-state index contributed by atoms with van der Waals surface area (Å²) >= 11 is 0. The quantitative estimate of drug-likeness (QED) is 0.799. The molecule has 2 aliphatic carbocycles. The number of carbonyl (C=O) groups excluding carboxylic acids is 1. The number of aliphatic hydroxyl groups excluding tert-OH is 1. The molecule has 0 aromatic carbocycles. The topological polar surface area (TPSA) is 68.8 Å². The Hall–Kier alpha value is -0.670. The summed E-state index contributed by atoms with van der Waals surface area (Å²) in [5, 5.41) is 10.9. The minimum atomic E-state index is -0.346. The van der Waals surface area contributed by atoms with Crippen molar-refractivity contribution in [2.75, 3.05) is 0 Å². The number of ketones is 1. The molecule has 2 fully saturated rings. The van der Waals surface area contributed by atoms with Crippen molar-refractivity contribution < 1.29 is 15.4 Å². The standard InChI is InChI=1S/C20H34O2.H2O/c1-7-13(2)12-15(21)18-14(3)8-9-16-19(4,5)11-10-17(22)20(16,18)6;/h7,13-14,16-18,22H,1,8-12H2,2-6H3;1H2/t13-,14+,16+,17?,18-,20-;/m1./s1. The second-order valence-electron chi connectivity index (χ2n) is 8.88. The Morgan fingerprint density at radius 1 is 1.30 bits per heavy atom. The second kappa shape index (κ2) is 7.06. The normalized spacial score (nSPS) is 40.4. The lowest BCUT2D eigenvalue weighted by Gasteiger charge is -2.60. The van der Waals surface area contributed by atoms with Crippen LogP contribution in [-0.4, -0.2) is 22.5 Å².